The minimum absolute atomic E-state index is 0.0402. The molecule has 0 atom stereocenters. The Morgan fingerprint density at radius 2 is 1.47 bits per heavy atom. The van der Waals surface area contributed by atoms with Crippen LogP contribution in [0, 0.1) is 11.6 Å². The van der Waals surface area contributed by atoms with Crippen LogP contribution in [0.3, 0.4) is 0 Å². The van der Waals surface area contributed by atoms with E-state index in [4.69, 9.17) is 5.73 Å². The summed E-state index contributed by atoms with van der Waals surface area (Å²) in [5.41, 5.74) is 4.79. The number of halogens is 8. The Labute approximate surface area is 99.5 Å². The third-order valence-electron chi connectivity index (χ3n) is 1.75. The average molecular weight is 296 g/mol. The summed E-state index contributed by atoms with van der Waals surface area (Å²) in [7, 11) is 0. The van der Waals surface area contributed by atoms with Crippen LogP contribution < -0.4 is 10.5 Å². The second-order valence-corrected chi connectivity index (χ2v) is 3.22. The van der Waals surface area contributed by atoms with E-state index < -0.39 is 41.8 Å². The molecule has 0 saturated heterocycles. The molecule has 1 aromatic rings. The van der Waals surface area contributed by atoms with Crippen molar-refractivity contribution in [3.8, 4) is 5.88 Å². The molecular formula is C8H4F8N2O. The highest BCUT2D eigenvalue weighted by atomic mass is 19.4. The maximum Gasteiger partial charge on any atom is 0.434 e. The molecule has 0 aliphatic rings. The van der Waals surface area contributed by atoms with Gasteiger partial charge in [-0.05, 0) is 0 Å². The summed E-state index contributed by atoms with van der Waals surface area (Å²) in [6.07, 6.45) is -16.0. The van der Waals surface area contributed by atoms with E-state index in [9.17, 15) is 35.1 Å². The van der Waals surface area contributed by atoms with E-state index >= 15 is 0 Å². The predicted molar refractivity (Wildman–Crippen MR) is 45.1 cm³/mol. The molecule has 0 aliphatic carbocycles. The van der Waals surface area contributed by atoms with Crippen LogP contribution in [0.4, 0.5) is 40.9 Å². The van der Waals surface area contributed by atoms with Gasteiger partial charge in [0.25, 0.3) is 12.0 Å². The number of hydrogen-bond acceptors (Lipinski definition) is 3. The Hall–Kier alpha value is -1.81. The summed E-state index contributed by atoms with van der Waals surface area (Å²) in [4.78, 5) is 2.64. The minimum atomic E-state index is -5.85. The van der Waals surface area contributed by atoms with Gasteiger partial charge in [-0.3, -0.25) is 0 Å². The predicted octanol–water partition coefficient (Wildman–Crippen LogP) is 2.81. The highest BCUT2D eigenvalue weighted by Gasteiger charge is 2.59. The zero-order valence-corrected chi connectivity index (χ0v) is 8.61. The third kappa shape index (κ3) is 3.58. The van der Waals surface area contributed by atoms with Crippen LogP contribution >= 0.6 is 0 Å². The minimum Gasteiger partial charge on any atom is -0.453 e. The largest absolute Gasteiger partial charge is 0.453 e. The summed E-state index contributed by atoms with van der Waals surface area (Å²) in [6.45, 7) is 0. The zero-order chi connectivity index (χ0) is 15.0. The van der Waals surface area contributed by atoms with E-state index in [0.717, 1.165) is 0 Å². The third-order valence-corrected chi connectivity index (χ3v) is 1.75. The average Bonchev–Trinajstić information content (AvgIpc) is 2.17. The first-order valence-electron chi connectivity index (χ1n) is 4.34. The Morgan fingerprint density at radius 1 is 1.00 bits per heavy atom. The Bertz CT molecular complexity index is 455. The van der Waals surface area contributed by atoms with Gasteiger partial charge in [-0.2, -0.15) is 31.3 Å². The van der Waals surface area contributed by atoms with Crippen molar-refractivity contribution in [3.63, 3.8) is 0 Å². The standard InChI is InChI=1S/C8H4F8N2O/c9-2-1-3(10)5(18-4(2)17)19-6(7(11,12)13)8(14,15)16/h1,6H,(H2,17,18). The van der Waals surface area contributed by atoms with Crippen LogP contribution in [-0.4, -0.2) is 23.4 Å². The van der Waals surface area contributed by atoms with Crippen LogP contribution in [0.1, 0.15) is 0 Å². The van der Waals surface area contributed by atoms with Crippen molar-refractivity contribution >= 4 is 5.82 Å². The molecule has 2 N–H and O–H groups in total. The number of anilines is 1. The molecular weight excluding hydrogens is 292 g/mol. The molecule has 1 rings (SSSR count). The quantitative estimate of drug-likeness (QED) is 0.854. The lowest BCUT2D eigenvalue weighted by atomic mass is 10.3. The topological polar surface area (TPSA) is 48.1 Å². The second kappa shape index (κ2) is 4.70. The van der Waals surface area contributed by atoms with E-state index in [1.807, 2.05) is 0 Å². The SMILES string of the molecule is Nc1nc(OC(C(F)(F)F)C(F)(F)F)c(F)cc1F. The molecule has 0 radical (unpaired) electrons. The molecule has 0 aliphatic heterocycles. The van der Waals surface area contributed by atoms with Crippen molar-refractivity contribution < 1.29 is 39.9 Å². The van der Waals surface area contributed by atoms with E-state index in [0.29, 0.717) is 0 Å². The lowest BCUT2D eigenvalue weighted by Gasteiger charge is -2.23. The van der Waals surface area contributed by atoms with Gasteiger partial charge in [0, 0.05) is 6.07 Å². The fourth-order valence-electron chi connectivity index (χ4n) is 0.977. The molecule has 1 heterocycles. The number of pyridine rings is 1. The molecule has 0 bridgehead atoms. The number of ether oxygens (including phenoxy) is 1. The van der Waals surface area contributed by atoms with Gasteiger partial charge in [0.05, 0.1) is 0 Å². The second-order valence-electron chi connectivity index (χ2n) is 3.22. The van der Waals surface area contributed by atoms with Crippen molar-refractivity contribution in [2.24, 2.45) is 0 Å². The van der Waals surface area contributed by atoms with Crippen LogP contribution in [-0.2, 0) is 0 Å². The first kappa shape index (κ1) is 15.2. The van der Waals surface area contributed by atoms with E-state index in [1.54, 1.807) is 0 Å². The highest BCUT2D eigenvalue weighted by molar-refractivity contribution is 5.34. The molecule has 19 heavy (non-hydrogen) atoms. The number of nitrogen functional groups attached to an aromatic ring is 1. The van der Waals surface area contributed by atoms with E-state index in [1.165, 1.54) is 0 Å². The Morgan fingerprint density at radius 3 is 1.89 bits per heavy atom. The smallest absolute Gasteiger partial charge is 0.434 e. The lowest BCUT2D eigenvalue weighted by molar-refractivity contribution is -0.300. The molecule has 108 valence electrons. The molecule has 0 fully saturated rings. The van der Waals surface area contributed by atoms with Crippen LogP contribution in [0.15, 0.2) is 6.07 Å². The zero-order valence-electron chi connectivity index (χ0n) is 8.61. The van der Waals surface area contributed by atoms with Crippen molar-refractivity contribution in [2.45, 2.75) is 18.5 Å². The van der Waals surface area contributed by atoms with Gasteiger partial charge in [0.15, 0.2) is 17.5 Å². The number of nitrogens with zero attached hydrogens (tertiary/aromatic N) is 1. The summed E-state index contributed by atoms with van der Waals surface area (Å²) >= 11 is 0. The summed E-state index contributed by atoms with van der Waals surface area (Å²) in [5, 5.41) is 0. The monoisotopic (exact) mass is 296 g/mol. The van der Waals surface area contributed by atoms with Crippen LogP contribution in [0.5, 0.6) is 5.88 Å². The fraction of sp³-hybridized carbons (Fsp3) is 0.375. The molecule has 0 saturated carbocycles. The lowest BCUT2D eigenvalue weighted by Crippen LogP contribution is -2.46. The van der Waals surface area contributed by atoms with Gasteiger partial charge in [0.2, 0.25) is 0 Å². The van der Waals surface area contributed by atoms with Gasteiger partial charge in [-0.25, -0.2) is 8.78 Å². The van der Waals surface area contributed by atoms with Crippen LogP contribution in [0.25, 0.3) is 0 Å². The van der Waals surface area contributed by atoms with Crippen molar-refractivity contribution in [2.75, 3.05) is 5.73 Å². The van der Waals surface area contributed by atoms with Crippen molar-refractivity contribution in [1.82, 2.24) is 4.98 Å². The molecule has 0 spiro atoms. The molecule has 3 nitrogen and oxygen atoms in total. The maximum atomic E-state index is 12.9. The van der Waals surface area contributed by atoms with Crippen molar-refractivity contribution in [3.05, 3.63) is 17.7 Å². The summed E-state index contributed by atoms with van der Waals surface area (Å²) in [5.74, 6) is -6.08. The number of nitrogens with two attached hydrogens (primary N) is 1. The Kier molecular flexibility index (Phi) is 3.77. The van der Waals surface area contributed by atoms with Gasteiger partial charge in [-0.1, -0.05) is 0 Å². The van der Waals surface area contributed by atoms with E-state index in [2.05, 4.69) is 9.72 Å². The van der Waals surface area contributed by atoms with Gasteiger partial charge >= 0.3 is 12.4 Å². The fourth-order valence-corrected chi connectivity index (χ4v) is 0.977. The molecule has 0 unspecified atom stereocenters. The molecule has 11 heteroatoms. The van der Waals surface area contributed by atoms with Gasteiger partial charge < -0.3 is 10.5 Å². The highest BCUT2D eigenvalue weighted by Crippen LogP contribution is 2.36. The number of hydrogen-bond donors (Lipinski definition) is 1. The first-order chi connectivity index (χ1) is 8.43. The first-order valence-corrected chi connectivity index (χ1v) is 4.34. The number of aromatic nitrogens is 1. The maximum absolute atomic E-state index is 12.9. The van der Waals surface area contributed by atoms with E-state index in [-0.39, 0.29) is 6.07 Å². The molecule has 1 aromatic heterocycles. The Balaban J connectivity index is 3.15. The van der Waals surface area contributed by atoms with Crippen molar-refractivity contribution in [1.29, 1.82) is 0 Å². The normalized spacial score (nSPS) is 12.9. The number of alkyl halides is 6. The molecule has 0 amide bonds. The van der Waals surface area contributed by atoms with Gasteiger partial charge in [0.1, 0.15) is 0 Å². The summed E-state index contributed by atoms with van der Waals surface area (Å²) in [6, 6.07) is -0.0402. The van der Waals surface area contributed by atoms with Gasteiger partial charge in [-0.15, -0.1) is 0 Å². The van der Waals surface area contributed by atoms with Crippen LogP contribution in [0.2, 0.25) is 0 Å². The molecule has 0 aromatic carbocycles. The summed E-state index contributed by atoms with van der Waals surface area (Å²) < 4.78 is 102. The number of rotatable bonds is 2.